The number of esters is 1. The van der Waals surface area contributed by atoms with Crippen LogP contribution >= 0.6 is 0 Å². The van der Waals surface area contributed by atoms with Crippen LogP contribution in [0.3, 0.4) is 0 Å². The summed E-state index contributed by atoms with van der Waals surface area (Å²) in [5.41, 5.74) is 2.45. The van der Waals surface area contributed by atoms with Gasteiger partial charge in [0.05, 0.1) is 29.7 Å². The SMILES string of the molecule is CCOC(=O)c1ccc2c(c1)n(Cc1ccc(F)cc1)c(=O)n2CC. The number of hydrogen-bond donors (Lipinski definition) is 0. The molecule has 0 aliphatic carbocycles. The fourth-order valence-corrected chi connectivity index (χ4v) is 2.89. The number of fused-ring (bicyclic) bond motifs is 1. The third-order valence-corrected chi connectivity index (χ3v) is 4.10. The Morgan fingerprint density at radius 2 is 1.76 bits per heavy atom. The van der Waals surface area contributed by atoms with Crippen molar-refractivity contribution in [3.8, 4) is 0 Å². The second-order valence-corrected chi connectivity index (χ2v) is 5.66. The van der Waals surface area contributed by atoms with E-state index in [0.717, 1.165) is 11.1 Å². The maximum absolute atomic E-state index is 13.1. The molecule has 25 heavy (non-hydrogen) atoms. The smallest absolute Gasteiger partial charge is 0.338 e. The standard InChI is InChI=1S/C19H19FN2O3/c1-3-21-16-10-7-14(18(23)25-4-2)11-17(16)22(19(21)24)12-13-5-8-15(20)9-6-13/h5-11H,3-4,12H2,1-2H3. The van der Waals surface area contributed by atoms with Gasteiger partial charge in [0.1, 0.15) is 5.82 Å². The van der Waals surface area contributed by atoms with Gasteiger partial charge in [-0.05, 0) is 49.7 Å². The number of nitrogens with zero attached hydrogens (tertiary/aromatic N) is 2. The zero-order valence-corrected chi connectivity index (χ0v) is 14.2. The molecule has 0 bridgehead atoms. The van der Waals surface area contributed by atoms with Crippen molar-refractivity contribution in [2.24, 2.45) is 0 Å². The Kier molecular flexibility index (Phi) is 4.70. The summed E-state index contributed by atoms with van der Waals surface area (Å²) in [5, 5.41) is 0. The molecule has 6 heteroatoms. The van der Waals surface area contributed by atoms with Gasteiger partial charge in [-0.2, -0.15) is 0 Å². The molecule has 0 fully saturated rings. The molecule has 0 atom stereocenters. The third kappa shape index (κ3) is 3.20. The van der Waals surface area contributed by atoms with Crippen molar-refractivity contribution in [1.29, 1.82) is 0 Å². The fraction of sp³-hybridized carbons (Fsp3) is 0.263. The van der Waals surface area contributed by atoms with Crippen LogP contribution in [0.15, 0.2) is 47.3 Å². The molecule has 3 rings (SSSR count). The highest BCUT2D eigenvalue weighted by atomic mass is 19.1. The van der Waals surface area contributed by atoms with Gasteiger partial charge < -0.3 is 4.74 Å². The van der Waals surface area contributed by atoms with Crippen LogP contribution < -0.4 is 5.69 Å². The molecule has 5 nitrogen and oxygen atoms in total. The van der Waals surface area contributed by atoms with Gasteiger partial charge in [-0.3, -0.25) is 9.13 Å². The van der Waals surface area contributed by atoms with Crippen LogP contribution in [0.4, 0.5) is 4.39 Å². The molecule has 0 saturated heterocycles. The minimum absolute atomic E-state index is 0.164. The quantitative estimate of drug-likeness (QED) is 0.669. The number of rotatable bonds is 5. The lowest BCUT2D eigenvalue weighted by Crippen LogP contribution is -2.24. The molecular formula is C19H19FN2O3. The molecule has 2 aromatic carbocycles. The molecule has 0 radical (unpaired) electrons. The molecule has 0 unspecified atom stereocenters. The Hall–Kier alpha value is -2.89. The third-order valence-electron chi connectivity index (χ3n) is 4.10. The Morgan fingerprint density at radius 1 is 1.04 bits per heavy atom. The molecule has 0 amide bonds. The normalized spacial score (nSPS) is 11.0. The first-order valence-corrected chi connectivity index (χ1v) is 8.19. The van der Waals surface area contributed by atoms with Crippen LogP contribution in [-0.4, -0.2) is 21.7 Å². The summed E-state index contributed by atoms with van der Waals surface area (Å²) in [6.45, 7) is 4.74. The summed E-state index contributed by atoms with van der Waals surface area (Å²) in [6.07, 6.45) is 0. The topological polar surface area (TPSA) is 53.2 Å². The second kappa shape index (κ2) is 6.93. The minimum Gasteiger partial charge on any atom is -0.462 e. The van der Waals surface area contributed by atoms with Crippen molar-refractivity contribution < 1.29 is 13.9 Å². The van der Waals surface area contributed by atoms with Gasteiger partial charge in [-0.1, -0.05) is 12.1 Å². The summed E-state index contributed by atoms with van der Waals surface area (Å²) >= 11 is 0. The van der Waals surface area contributed by atoms with E-state index in [1.165, 1.54) is 12.1 Å². The minimum atomic E-state index is -0.422. The van der Waals surface area contributed by atoms with E-state index in [1.807, 2.05) is 6.92 Å². The Bertz CT molecular complexity index is 971. The maximum Gasteiger partial charge on any atom is 0.338 e. The average Bonchev–Trinajstić information content (AvgIpc) is 2.88. The molecule has 1 heterocycles. The number of aryl methyl sites for hydroxylation is 1. The summed E-state index contributed by atoms with van der Waals surface area (Å²) in [5.74, 6) is -0.744. The van der Waals surface area contributed by atoms with Crippen molar-refractivity contribution in [1.82, 2.24) is 9.13 Å². The van der Waals surface area contributed by atoms with E-state index in [0.29, 0.717) is 24.2 Å². The fourth-order valence-electron chi connectivity index (χ4n) is 2.89. The first kappa shape index (κ1) is 17.0. The highest BCUT2D eigenvalue weighted by Crippen LogP contribution is 2.18. The lowest BCUT2D eigenvalue weighted by Gasteiger charge is -2.05. The van der Waals surface area contributed by atoms with Gasteiger partial charge in [0, 0.05) is 6.54 Å². The maximum atomic E-state index is 13.1. The van der Waals surface area contributed by atoms with Crippen LogP contribution in [0.25, 0.3) is 11.0 Å². The Labute approximate surface area is 144 Å². The van der Waals surface area contributed by atoms with Gasteiger partial charge in [-0.15, -0.1) is 0 Å². The van der Waals surface area contributed by atoms with E-state index in [9.17, 15) is 14.0 Å². The van der Waals surface area contributed by atoms with E-state index < -0.39 is 5.97 Å². The van der Waals surface area contributed by atoms with Crippen molar-refractivity contribution >= 4 is 17.0 Å². The van der Waals surface area contributed by atoms with E-state index in [4.69, 9.17) is 4.74 Å². The Balaban J connectivity index is 2.13. The van der Waals surface area contributed by atoms with Gasteiger partial charge >= 0.3 is 11.7 Å². The van der Waals surface area contributed by atoms with Crippen molar-refractivity contribution in [2.75, 3.05) is 6.61 Å². The highest BCUT2D eigenvalue weighted by molar-refractivity contribution is 5.93. The number of halogens is 1. The molecule has 0 aliphatic heterocycles. The van der Waals surface area contributed by atoms with Crippen LogP contribution in [0.5, 0.6) is 0 Å². The molecule has 1 aromatic heterocycles. The molecule has 0 N–H and O–H groups in total. The lowest BCUT2D eigenvalue weighted by atomic mass is 10.2. The first-order chi connectivity index (χ1) is 12.0. The van der Waals surface area contributed by atoms with E-state index in [1.54, 1.807) is 46.4 Å². The van der Waals surface area contributed by atoms with Crippen LogP contribution in [0.2, 0.25) is 0 Å². The molecule has 0 aliphatic rings. The summed E-state index contributed by atoms with van der Waals surface area (Å²) in [7, 11) is 0. The Morgan fingerprint density at radius 3 is 2.40 bits per heavy atom. The van der Waals surface area contributed by atoms with Crippen LogP contribution in [0.1, 0.15) is 29.8 Å². The number of aromatic nitrogens is 2. The lowest BCUT2D eigenvalue weighted by molar-refractivity contribution is 0.0526. The molecular weight excluding hydrogens is 323 g/mol. The number of imidazole rings is 1. The van der Waals surface area contributed by atoms with Crippen LogP contribution in [-0.2, 0) is 17.8 Å². The molecule has 0 saturated carbocycles. The summed E-state index contributed by atoms with van der Waals surface area (Å²) < 4.78 is 21.4. The van der Waals surface area contributed by atoms with E-state index in [2.05, 4.69) is 0 Å². The van der Waals surface area contributed by atoms with Gasteiger partial charge in [0.15, 0.2) is 0 Å². The van der Waals surface area contributed by atoms with Gasteiger partial charge in [0.25, 0.3) is 0 Å². The number of benzene rings is 2. The van der Waals surface area contributed by atoms with Gasteiger partial charge in [0.2, 0.25) is 0 Å². The number of ether oxygens (including phenoxy) is 1. The predicted molar refractivity (Wildman–Crippen MR) is 93.3 cm³/mol. The number of carbonyl (C=O) groups excluding carboxylic acids is 1. The average molecular weight is 342 g/mol. The second-order valence-electron chi connectivity index (χ2n) is 5.66. The largest absolute Gasteiger partial charge is 0.462 e. The molecule has 0 spiro atoms. The zero-order chi connectivity index (χ0) is 18.0. The predicted octanol–water partition coefficient (Wildman–Crippen LogP) is 3.19. The summed E-state index contributed by atoms with van der Waals surface area (Å²) in [6, 6.07) is 11.1. The highest BCUT2D eigenvalue weighted by Gasteiger charge is 2.15. The molecule has 3 aromatic rings. The van der Waals surface area contributed by atoms with Crippen LogP contribution in [0, 0.1) is 5.82 Å². The molecule has 130 valence electrons. The van der Waals surface area contributed by atoms with Crippen molar-refractivity contribution in [3.05, 3.63) is 69.9 Å². The number of hydrogen-bond acceptors (Lipinski definition) is 3. The van der Waals surface area contributed by atoms with E-state index >= 15 is 0 Å². The van der Waals surface area contributed by atoms with Crippen molar-refractivity contribution in [2.45, 2.75) is 26.9 Å². The summed E-state index contributed by atoms with van der Waals surface area (Å²) in [4.78, 5) is 24.7. The van der Waals surface area contributed by atoms with E-state index in [-0.39, 0.29) is 18.1 Å². The number of carbonyl (C=O) groups is 1. The monoisotopic (exact) mass is 342 g/mol. The van der Waals surface area contributed by atoms with Crippen molar-refractivity contribution in [3.63, 3.8) is 0 Å². The zero-order valence-electron chi connectivity index (χ0n) is 14.2. The first-order valence-electron chi connectivity index (χ1n) is 8.19. The van der Waals surface area contributed by atoms with Gasteiger partial charge in [-0.25, -0.2) is 14.0 Å².